The number of para-hydroxylation sites is 1. The summed E-state index contributed by atoms with van der Waals surface area (Å²) in [4.78, 5) is 0. The van der Waals surface area contributed by atoms with Crippen LogP contribution in [0, 0.1) is 6.92 Å². The zero-order valence-electron chi connectivity index (χ0n) is 16.3. The third-order valence-corrected chi connectivity index (χ3v) is 9.65. The molecule has 4 rings (SSSR count). The standard InChI is InChI=1S/C25H26OSi/c1-5-17-26-24-18(2)11-10-16-23(24)27(3,4)25-21-14-8-6-12-19(21)20-13-7-9-15-22(20)25/h5-16,25H,1,17H2,2-4H3. The molecule has 0 bridgehead atoms. The number of hydrogen-bond acceptors (Lipinski definition) is 1. The fourth-order valence-corrected chi connectivity index (χ4v) is 8.33. The smallest absolute Gasteiger partial charge is 0.121 e. The Morgan fingerprint density at radius 3 is 2.07 bits per heavy atom. The van der Waals surface area contributed by atoms with Crippen molar-refractivity contribution in [3.05, 3.63) is 96.1 Å². The largest absolute Gasteiger partial charge is 0.489 e. The highest BCUT2D eigenvalue weighted by atomic mass is 28.3. The molecule has 0 N–H and O–H groups in total. The minimum Gasteiger partial charge on any atom is -0.489 e. The second-order valence-corrected chi connectivity index (χ2v) is 12.4. The van der Waals surface area contributed by atoms with Gasteiger partial charge in [0, 0.05) is 5.54 Å². The second-order valence-electron chi connectivity index (χ2n) is 7.88. The van der Waals surface area contributed by atoms with Crippen LogP contribution < -0.4 is 9.92 Å². The van der Waals surface area contributed by atoms with E-state index in [0.29, 0.717) is 12.1 Å². The van der Waals surface area contributed by atoms with Gasteiger partial charge in [-0.05, 0) is 39.9 Å². The van der Waals surface area contributed by atoms with Crippen molar-refractivity contribution >= 4 is 13.3 Å². The Morgan fingerprint density at radius 1 is 0.889 bits per heavy atom. The van der Waals surface area contributed by atoms with Crippen LogP contribution >= 0.6 is 0 Å². The molecule has 136 valence electrons. The maximum Gasteiger partial charge on any atom is 0.121 e. The number of hydrogen-bond donors (Lipinski definition) is 0. The Bertz CT molecular complexity index is 957. The summed E-state index contributed by atoms with van der Waals surface area (Å²) in [5.74, 6) is 1.05. The Balaban J connectivity index is 1.91. The first-order chi connectivity index (χ1) is 13.1. The van der Waals surface area contributed by atoms with Gasteiger partial charge in [0.15, 0.2) is 0 Å². The van der Waals surface area contributed by atoms with Gasteiger partial charge in [-0.3, -0.25) is 0 Å². The molecule has 0 aliphatic heterocycles. The van der Waals surface area contributed by atoms with Crippen molar-refractivity contribution in [2.24, 2.45) is 0 Å². The van der Waals surface area contributed by atoms with Crippen molar-refractivity contribution in [1.29, 1.82) is 0 Å². The summed E-state index contributed by atoms with van der Waals surface area (Å²) in [6.45, 7) is 11.5. The highest BCUT2D eigenvalue weighted by molar-refractivity contribution is 6.92. The van der Waals surface area contributed by atoms with Crippen LogP contribution in [0.1, 0.15) is 22.2 Å². The number of rotatable bonds is 5. The number of ether oxygens (including phenoxy) is 1. The second kappa shape index (κ2) is 6.86. The van der Waals surface area contributed by atoms with Gasteiger partial charge in [-0.2, -0.15) is 0 Å². The summed E-state index contributed by atoms with van der Waals surface area (Å²) >= 11 is 0. The van der Waals surface area contributed by atoms with Crippen molar-refractivity contribution in [3.8, 4) is 16.9 Å². The lowest BCUT2D eigenvalue weighted by Crippen LogP contribution is -2.48. The first-order valence-corrected chi connectivity index (χ1v) is 12.7. The van der Waals surface area contributed by atoms with Gasteiger partial charge in [0.25, 0.3) is 0 Å². The molecule has 0 radical (unpaired) electrons. The fraction of sp³-hybridized carbons (Fsp3) is 0.200. The van der Waals surface area contributed by atoms with Gasteiger partial charge in [0.05, 0.1) is 8.07 Å². The molecule has 0 saturated heterocycles. The highest BCUT2D eigenvalue weighted by Gasteiger charge is 2.43. The van der Waals surface area contributed by atoms with Gasteiger partial charge < -0.3 is 4.74 Å². The zero-order valence-corrected chi connectivity index (χ0v) is 17.3. The summed E-state index contributed by atoms with van der Waals surface area (Å²) < 4.78 is 6.16. The van der Waals surface area contributed by atoms with Gasteiger partial charge in [-0.15, -0.1) is 0 Å². The van der Waals surface area contributed by atoms with Gasteiger partial charge in [0.1, 0.15) is 12.4 Å². The predicted molar refractivity (Wildman–Crippen MR) is 118 cm³/mol. The van der Waals surface area contributed by atoms with E-state index in [4.69, 9.17) is 4.74 Å². The molecule has 0 atom stereocenters. The lowest BCUT2D eigenvalue weighted by atomic mass is 10.1. The predicted octanol–water partition coefficient (Wildman–Crippen LogP) is 5.83. The maximum absolute atomic E-state index is 6.16. The molecule has 0 saturated carbocycles. The van der Waals surface area contributed by atoms with E-state index >= 15 is 0 Å². The molecule has 0 fully saturated rings. The van der Waals surface area contributed by atoms with Crippen molar-refractivity contribution < 1.29 is 4.74 Å². The number of benzene rings is 3. The lowest BCUT2D eigenvalue weighted by Gasteiger charge is -2.33. The molecule has 0 amide bonds. The molecule has 3 aromatic rings. The molecule has 1 aliphatic carbocycles. The Labute approximate surface area is 163 Å². The topological polar surface area (TPSA) is 9.23 Å². The summed E-state index contributed by atoms with van der Waals surface area (Å²) in [6, 6.07) is 24.4. The quantitative estimate of drug-likeness (QED) is 0.406. The number of fused-ring (bicyclic) bond motifs is 3. The maximum atomic E-state index is 6.16. The van der Waals surface area contributed by atoms with Crippen molar-refractivity contribution in [2.45, 2.75) is 25.6 Å². The first kappa shape index (κ1) is 17.8. The van der Waals surface area contributed by atoms with Gasteiger partial charge in [0.2, 0.25) is 0 Å². The molecule has 1 aliphatic rings. The number of aryl methyl sites for hydroxylation is 1. The molecule has 0 unspecified atom stereocenters. The van der Waals surface area contributed by atoms with E-state index < -0.39 is 8.07 Å². The summed E-state index contributed by atoms with van der Waals surface area (Å²) in [5, 5.41) is 1.39. The lowest BCUT2D eigenvalue weighted by molar-refractivity contribution is 0.363. The van der Waals surface area contributed by atoms with E-state index in [1.807, 2.05) is 6.08 Å². The van der Waals surface area contributed by atoms with E-state index in [1.54, 1.807) is 0 Å². The minimum atomic E-state index is -1.93. The van der Waals surface area contributed by atoms with Crippen LogP contribution in [-0.2, 0) is 0 Å². The van der Waals surface area contributed by atoms with Crippen LogP contribution in [0.2, 0.25) is 13.1 Å². The highest BCUT2D eigenvalue weighted by Crippen LogP contribution is 2.49. The van der Waals surface area contributed by atoms with E-state index in [-0.39, 0.29) is 0 Å². The fourth-order valence-electron chi connectivity index (χ4n) is 4.58. The van der Waals surface area contributed by atoms with Crippen LogP contribution in [0.4, 0.5) is 0 Å². The summed E-state index contributed by atoms with van der Waals surface area (Å²) in [5.41, 5.74) is 7.34. The van der Waals surface area contributed by atoms with Gasteiger partial charge in [-0.25, -0.2) is 0 Å². The average molecular weight is 371 g/mol. The Kier molecular flexibility index (Phi) is 4.53. The zero-order chi connectivity index (χ0) is 19.0. The van der Waals surface area contributed by atoms with E-state index in [2.05, 4.69) is 93.3 Å². The van der Waals surface area contributed by atoms with Crippen LogP contribution in [0.15, 0.2) is 79.4 Å². The molecular weight excluding hydrogens is 344 g/mol. The third kappa shape index (κ3) is 2.85. The monoisotopic (exact) mass is 370 g/mol. The molecule has 0 heterocycles. The van der Waals surface area contributed by atoms with Crippen LogP contribution in [0.5, 0.6) is 5.75 Å². The molecule has 1 nitrogen and oxygen atoms in total. The average Bonchev–Trinajstić information content (AvgIpc) is 3.02. The van der Waals surface area contributed by atoms with Crippen molar-refractivity contribution in [1.82, 2.24) is 0 Å². The van der Waals surface area contributed by atoms with E-state index in [1.165, 1.54) is 33.0 Å². The molecule has 3 aromatic carbocycles. The van der Waals surface area contributed by atoms with Crippen LogP contribution in [0.25, 0.3) is 11.1 Å². The van der Waals surface area contributed by atoms with E-state index in [9.17, 15) is 0 Å². The first-order valence-electron chi connectivity index (χ1n) is 9.57. The summed E-state index contributed by atoms with van der Waals surface area (Å²) in [7, 11) is -1.93. The van der Waals surface area contributed by atoms with E-state index in [0.717, 1.165) is 5.75 Å². The van der Waals surface area contributed by atoms with Gasteiger partial charge in [-0.1, -0.05) is 92.5 Å². The minimum absolute atomic E-state index is 0.429. The van der Waals surface area contributed by atoms with Crippen LogP contribution in [-0.4, -0.2) is 14.7 Å². The third-order valence-electron chi connectivity index (χ3n) is 5.81. The van der Waals surface area contributed by atoms with Gasteiger partial charge >= 0.3 is 0 Å². The molecule has 0 spiro atoms. The molecular formula is C25H26OSi. The Morgan fingerprint density at radius 2 is 1.48 bits per heavy atom. The van der Waals surface area contributed by atoms with Crippen molar-refractivity contribution in [3.63, 3.8) is 0 Å². The van der Waals surface area contributed by atoms with Crippen LogP contribution in [0.3, 0.4) is 0 Å². The normalized spacial score (nSPS) is 13.1. The Hall–Kier alpha value is -2.58. The SMILES string of the molecule is C=CCOc1c(C)cccc1[Si](C)(C)C1c2ccccc2-c2ccccc21. The molecule has 0 aromatic heterocycles. The molecule has 27 heavy (non-hydrogen) atoms. The summed E-state index contributed by atoms with van der Waals surface area (Å²) in [6.07, 6.45) is 1.82. The molecule has 2 heteroatoms. The van der Waals surface area contributed by atoms with Crippen molar-refractivity contribution in [2.75, 3.05) is 6.61 Å².